The molecule has 0 atom stereocenters. The molecule has 0 aliphatic heterocycles. The molecule has 24 valence electrons. The summed E-state index contributed by atoms with van der Waals surface area (Å²) in [6, 6.07) is 0. The molecule has 0 rings (SSSR count). The Balaban J connectivity index is -0.0000000450. The van der Waals surface area contributed by atoms with Gasteiger partial charge in [-0.3, -0.25) is 0 Å². The van der Waals surface area contributed by atoms with Gasteiger partial charge in [-0.05, 0) is 0 Å². The van der Waals surface area contributed by atoms with Crippen molar-refractivity contribution in [2.45, 2.75) is 0 Å². The number of hydrogen-bond donors (Lipinski definition) is 0. The van der Waals surface area contributed by atoms with E-state index in [2.05, 4.69) is 0 Å². The summed E-state index contributed by atoms with van der Waals surface area (Å²) >= 11 is 0. The van der Waals surface area contributed by atoms with Crippen LogP contribution in [0.25, 0.3) is 0 Å². The summed E-state index contributed by atoms with van der Waals surface area (Å²) in [5.41, 5.74) is 0. The second-order valence-electron chi connectivity index (χ2n) is 0.250. The zero-order valence-corrected chi connectivity index (χ0v) is 11.5. The summed E-state index contributed by atoms with van der Waals surface area (Å²) < 4.78 is 8.52. The summed E-state index contributed by atoms with van der Waals surface area (Å²) in [7, 11) is -3.63. The van der Waals surface area contributed by atoms with Crippen LogP contribution in [0.1, 0.15) is 0 Å². The van der Waals surface area contributed by atoms with Gasteiger partial charge >= 0.3 is 68.4 Å². The fourth-order valence-corrected chi connectivity index (χ4v) is 0. The Labute approximate surface area is 89.9 Å². The molecule has 0 aliphatic rings. The first-order chi connectivity index (χ1) is 1.73. The molecule has 0 unspecified atom stereocenters. The molecule has 0 aromatic carbocycles. The molecule has 3 nitrogen and oxygen atoms in total. The van der Waals surface area contributed by atoms with Gasteiger partial charge in [-0.2, -0.15) is 0 Å². The van der Waals surface area contributed by atoms with Crippen LogP contribution < -0.4 is 9.59 Å². The smallest absolute Gasteiger partial charge is 0.672 e. The molecule has 6 heteroatoms. The van der Waals surface area contributed by atoms with Crippen molar-refractivity contribution in [1.82, 2.24) is 0 Å². The Bertz CT molecular complexity index is 33.8. The maximum atomic E-state index is 8.52. The molecule has 0 radical (unpaired) electrons. The van der Waals surface area contributed by atoms with E-state index in [1.54, 1.807) is 0 Å². The second-order valence-corrected chi connectivity index (χ2v) is 0.750. The van der Waals surface area contributed by atoms with Crippen LogP contribution in [-0.4, -0.2) is 58.1 Å². The minimum absolute atomic E-state index is 0. The zero-order chi connectivity index (χ0) is 3.58. The van der Waals surface area contributed by atoms with Crippen molar-refractivity contribution in [3.8, 4) is 0 Å². The maximum absolute atomic E-state index is 8.52. The van der Waals surface area contributed by atoms with Crippen LogP contribution in [0.15, 0.2) is 0 Å². The Kier molecular flexibility index (Phi) is 25.9. The third-order valence-electron chi connectivity index (χ3n) is 0. The van der Waals surface area contributed by atoms with E-state index in [-0.39, 0.29) is 68.4 Å². The van der Waals surface area contributed by atoms with E-state index in [0.29, 0.717) is 0 Å². The van der Waals surface area contributed by atoms with Gasteiger partial charge in [0.25, 0.3) is 0 Å². The summed E-state index contributed by atoms with van der Waals surface area (Å²) in [6.07, 6.45) is 0. The van der Waals surface area contributed by atoms with Crippen LogP contribution in [-0.2, 0) is 23.9 Å². The van der Waals surface area contributed by atoms with Gasteiger partial charge in [0, 0.05) is 9.17 Å². The fourth-order valence-electron chi connectivity index (χ4n) is 0. The average molecular weight is 279 g/mol. The Morgan fingerprint density at radius 1 is 1.33 bits per heavy atom. The van der Waals surface area contributed by atoms with E-state index in [1.807, 2.05) is 0 Å². The third-order valence-corrected chi connectivity index (χ3v) is 0. The van der Waals surface area contributed by atoms with Gasteiger partial charge in [-0.1, -0.05) is 0 Å². The Hall–Kier alpha value is 1.81. The average Bonchev–Trinajstić information content (AvgIpc) is 0.811. The van der Waals surface area contributed by atoms with Crippen LogP contribution in [0.2, 0.25) is 0 Å². The normalized spacial score (nSPS) is 4.00. The molecule has 0 aromatic rings. The molecule has 0 amide bonds. The Morgan fingerprint density at radius 3 is 1.33 bits per heavy atom. The molecular formula is BaO3SiZn+2. The molecule has 0 saturated carbocycles. The van der Waals surface area contributed by atoms with Gasteiger partial charge in [0.15, 0.2) is 0 Å². The monoisotopic (exact) mass is 278 g/mol. The molecule has 0 fully saturated rings. The summed E-state index contributed by atoms with van der Waals surface area (Å²) in [5, 5.41) is 0. The van der Waals surface area contributed by atoms with Crippen molar-refractivity contribution < 1.29 is 33.5 Å². The first-order valence-electron chi connectivity index (χ1n) is 0.612. The van der Waals surface area contributed by atoms with Crippen molar-refractivity contribution >= 4 is 58.1 Å². The van der Waals surface area contributed by atoms with Crippen molar-refractivity contribution in [3.05, 3.63) is 0 Å². The predicted molar refractivity (Wildman–Crippen MR) is 12.2 cm³/mol. The second kappa shape index (κ2) is 9.94. The van der Waals surface area contributed by atoms with Crippen molar-refractivity contribution in [2.75, 3.05) is 0 Å². The first-order valence-corrected chi connectivity index (χ1v) is 1.84. The third kappa shape index (κ3) is 41.0. The van der Waals surface area contributed by atoms with Crippen LogP contribution in [0.5, 0.6) is 0 Å². The van der Waals surface area contributed by atoms with E-state index in [4.69, 9.17) is 14.1 Å². The van der Waals surface area contributed by atoms with Crippen LogP contribution >= 0.6 is 0 Å². The van der Waals surface area contributed by atoms with E-state index in [1.165, 1.54) is 0 Å². The van der Waals surface area contributed by atoms with E-state index in [0.717, 1.165) is 0 Å². The molecule has 6 heavy (non-hydrogen) atoms. The van der Waals surface area contributed by atoms with Crippen LogP contribution in [0, 0.1) is 0 Å². The fraction of sp³-hybridized carbons (Fsp3) is 0. The molecule has 0 saturated heterocycles. The van der Waals surface area contributed by atoms with Crippen molar-refractivity contribution in [2.24, 2.45) is 0 Å². The molecule has 0 N–H and O–H groups in total. The minimum Gasteiger partial charge on any atom is -0.672 e. The number of rotatable bonds is 0. The number of hydrogen-bond acceptors (Lipinski definition) is 3. The summed E-state index contributed by atoms with van der Waals surface area (Å²) in [6.45, 7) is 0. The van der Waals surface area contributed by atoms with Crippen molar-refractivity contribution in [1.29, 1.82) is 0 Å². The van der Waals surface area contributed by atoms with Crippen LogP contribution in [0.3, 0.4) is 0 Å². The van der Waals surface area contributed by atoms with Gasteiger partial charge in [0.2, 0.25) is 0 Å². The maximum Gasteiger partial charge on any atom is 2.00 e. The SMILES string of the molecule is O=[Si]([O-])[O-].[Ba+2].[Zn+2]. The zero-order valence-electron chi connectivity index (χ0n) is 3.14. The van der Waals surface area contributed by atoms with E-state index in [9.17, 15) is 0 Å². The summed E-state index contributed by atoms with van der Waals surface area (Å²) in [4.78, 5) is 17.0. The first kappa shape index (κ1) is 15.7. The molecule has 0 aromatic heterocycles. The molecule has 0 aliphatic carbocycles. The summed E-state index contributed by atoms with van der Waals surface area (Å²) in [5.74, 6) is 0. The van der Waals surface area contributed by atoms with Crippen LogP contribution in [0.4, 0.5) is 0 Å². The molecular weight excluding hydrogens is 279 g/mol. The predicted octanol–water partition coefficient (Wildman–Crippen LogP) is -3.26. The van der Waals surface area contributed by atoms with Crippen molar-refractivity contribution in [3.63, 3.8) is 0 Å². The minimum atomic E-state index is -3.63. The van der Waals surface area contributed by atoms with E-state index < -0.39 is 9.17 Å². The standard InChI is InChI=1S/Ba.O3Si.Zn/c;1-4(2)3;/q+2;-2;+2. The molecule has 0 spiro atoms. The largest absolute Gasteiger partial charge is 2.00 e. The van der Waals surface area contributed by atoms with E-state index >= 15 is 0 Å². The van der Waals surface area contributed by atoms with Gasteiger partial charge in [0.05, 0.1) is 0 Å². The quantitative estimate of drug-likeness (QED) is 0.437. The van der Waals surface area contributed by atoms with Gasteiger partial charge in [-0.15, -0.1) is 0 Å². The Morgan fingerprint density at radius 2 is 1.33 bits per heavy atom. The van der Waals surface area contributed by atoms with Gasteiger partial charge in [-0.25, -0.2) is 0 Å². The molecule has 0 heterocycles. The van der Waals surface area contributed by atoms with Gasteiger partial charge < -0.3 is 14.1 Å². The molecule has 0 bridgehead atoms. The topological polar surface area (TPSA) is 63.2 Å². The van der Waals surface area contributed by atoms with Gasteiger partial charge in [0.1, 0.15) is 0 Å².